The van der Waals surface area contributed by atoms with Crippen molar-refractivity contribution in [1.82, 2.24) is 25.4 Å². The van der Waals surface area contributed by atoms with Crippen LogP contribution in [0.25, 0.3) is 5.69 Å². The number of guanidine groups is 1. The number of aliphatic imine (C=N–C) groups is 1. The third-order valence-electron chi connectivity index (χ3n) is 5.83. The molecule has 0 spiro atoms. The lowest BCUT2D eigenvalue weighted by atomic mass is 10.0. The number of aromatic nitrogens is 3. The summed E-state index contributed by atoms with van der Waals surface area (Å²) in [5.74, 6) is 3.19. The molecule has 1 aromatic heterocycles. The van der Waals surface area contributed by atoms with Crippen LogP contribution in [0, 0.1) is 0 Å². The summed E-state index contributed by atoms with van der Waals surface area (Å²) in [5, 5.41) is 15.2. The number of nitrogens with zero attached hydrogens (tertiary/aromatic N) is 5. The quantitative estimate of drug-likeness (QED) is 0.423. The van der Waals surface area contributed by atoms with Gasteiger partial charge in [-0.05, 0) is 25.0 Å². The maximum atomic E-state index is 5.42. The molecule has 3 aromatic rings. The van der Waals surface area contributed by atoms with E-state index in [1.807, 2.05) is 41.0 Å². The Bertz CT molecular complexity index is 1040. The molecule has 2 heterocycles. The van der Waals surface area contributed by atoms with Crippen LogP contribution in [0.5, 0.6) is 11.5 Å². The smallest absolute Gasteiger partial charge is 0.191 e. The van der Waals surface area contributed by atoms with Gasteiger partial charge in [0.15, 0.2) is 11.8 Å². The highest BCUT2D eigenvalue weighted by Crippen LogP contribution is 2.30. The molecule has 0 bridgehead atoms. The first-order valence-corrected chi connectivity index (χ1v) is 11.1. The van der Waals surface area contributed by atoms with Gasteiger partial charge in [-0.15, -0.1) is 10.2 Å². The average molecular weight is 450 g/mol. The fourth-order valence-electron chi connectivity index (χ4n) is 3.99. The molecule has 33 heavy (non-hydrogen) atoms. The number of hydrogen-bond acceptors (Lipinski definition) is 6. The predicted octanol–water partition coefficient (Wildman–Crippen LogP) is 2.62. The Kier molecular flexibility index (Phi) is 7.29. The van der Waals surface area contributed by atoms with Crippen LogP contribution in [0.1, 0.15) is 18.7 Å². The highest BCUT2D eigenvalue weighted by molar-refractivity contribution is 5.79. The Morgan fingerprint density at radius 1 is 1.03 bits per heavy atom. The van der Waals surface area contributed by atoms with E-state index >= 15 is 0 Å². The Labute approximate surface area is 194 Å². The molecular formula is C24H31N7O2. The van der Waals surface area contributed by atoms with Crippen LogP contribution in [-0.2, 0) is 6.54 Å². The molecule has 2 N–H and O–H groups in total. The van der Waals surface area contributed by atoms with Gasteiger partial charge in [-0.1, -0.05) is 18.2 Å². The third kappa shape index (κ3) is 5.54. The molecule has 0 aliphatic carbocycles. The van der Waals surface area contributed by atoms with Crippen molar-refractivity contribution in [2.45, 2.75) is 25.4 Å². The molecule has 0 atom stereocenters. The van der Waals surface area contributed by atoms with Gasteiger partial charge in [0, 0.05) is 55.8 Å². The first-order chi connectivity index (χ1) is 16.2. The van der Waals surface area contributed by atoms with E-state index in [0.29, 0.717) is 12.6 Å². The van der Waals surface area contributed by atoms with Crippen LogP contribution in [0.2, 0.25) is 0 Å². The molecule has 1 fully saturated rings. The molecule has 9 nitrogen and oxygen atoms in total. The Morgan fingerprint density at radius 2 is 1.73 bits per heavy atom. The zero-order valence-corrected chi connectivity index (χ0v) is 19.4. The number of ether oxygens (including phenoxy) is 2. The summed E-state index contributed by atoms with van der Waals surface area (Å²) in [5.41, 5.74) is 2.15. The summed E-state index contributed by atoms with van der Waals surface area (Å²) in [4.78, 5) is 6.76. The zero-order chi connectivity index (χ0) is 23.0. The molecule has 1 saturated heterocycles. The van der Waals surface area contributed by atoms with E-state index in [1.54, 1.807) is 27.6 Å². The lowest BCUT2D eigenvalue weighted by Gasteiger charge is -2.34. The fourth-order valence-corrected chi connectivity index (χ4v) is 3.99. The number of para-hydroxylation sites is 1. The van der Waals surface area contributed by atoms with E-state index in [4.69, 9.17) is 9.47 Å². The van der Waals surface area contributed by atoms with Crippen molar-refractivity contribution in [3.63, 3.8) is 0 Å². The van der Waals surface area contributed by atoms with Crippen molar-refractivity contribution < 1.29 is 9.47 Å². The summed E-state index contributed by atoms with van der Waals surface area (Å²) < 4.78 is 12.8. The van der Waals surface area contributed by atoms with Crippen molar-refractivity contribution in [2.24, 2.45) is 4.99 Å². The van der Waals surface area contributed by atoms with Crippen molar-refractivity contribution in [3.8, 4) is 17.2 Å². The molecule has 174 valence electrons. The van der Waals surface area contributed by atoms with E-state index in [-0.39, 0.29) is 0 Å². The lowest BCUT2D eigenvalue weighted by Crippen LogP contribution is -2.48. The monoisotopic (exact) mass is 449 g/mol. The van der Waals surface area contributed by atoms with Gasteiger partial charge in [-0.2, -0.15) is 0 Å². The number of nitrogens with one attached hydrogen (secondary N) is 2. The van der Waals surface area contributed by atoms with Gasteiger partial charge in [0.1, 0.15) is 17.8 Å². The molecule has 0 unspecified atom stereocenters. The summed E-state index contributed by atoms with van der Waals surface area (Å²) in [6, 6.07) is 16.4. The largest absolute Gasteiger partial charge is 0.497 e. The minimum atomic E-state index is 0.340. The van der Waals surface area contributed by atoms with E-state index in [2.05, 4.69) is 42.9 Å². The molecular weight excluding hydrogens is 418 g/mol. The minimum Gasteiger partial charge on any atom is -0.497 e. The highest BCUT2D eigenvalue weighted by atomic mass is 16.5. The van der Waals surface area contributed by atoms with E-state index in [1.165, 1.54) is 0 Å². The second-order valence-corrected chi connectivity index (χ2v) is 7.86. The summed E-state index contributed by atoms with van der Waals surface area (Å²) in [7, 11) is 5.14. The molecule has 9 heteroatoms. The molecule has 1 aliphatic heterocycles. The molecule has 2 aromatic carbocycles. The normalized spacial score (nSPS) is 14.8. The summed E-state index contributed by atoms with van der Waals surface area (Å²) in [6.45, 7) is 2.40. The summed E-state index contributed by atoms with van der Waals surface area (Å²) >= 11 is 0. The van der Waals surface area contributed by atoms with Crippen molar-refractivity contribution in [3.05, 3.63) is 60.7 Å². The number of hydrogen-bond donors (Lipinski definition) is 2. The van der Waals surface area contributed by atoms with Crippen LogP contribution >= 0.6 is 0 Å². The average Bonchev–Trinajstić information content (AvgIpc) is 3.35. The summed E-state index contributed by atoms with van der Waals surface area (Å²) in [6.07, 6.45) is 3.73. The predicted molar refractivity (Wildman–Crippen MR) is 129 cm³/mol. The Morgan fingerprint density at radius 3 is 2.36 bits per heavy atom. The SMILES string of the molecule is CN=C(NCc1nncn1-c1ccccc1)NC1CCN(c2cc(OC)cc(OC)c2)CC1. The molecule has 0 radical (unpaired) electrons. The maximum absolute atomic E-state index is 5.42. The molecule has 4 rings (SSSR count). The van der Waals surface area contributed by atoms with Gasteiger partial charge >= 0.3 is 0 Å². The number of piperidine rings is 1. The van der Waals surface area contributed by atoms with Gasteiger partial charge in [0.05, 0.1) is 20.8 Å². The van der Waals surface area contributed by atoms with Gasteiger partial charge in [0.25, 0.3) is 0 Å². The van der Waals surface area contributed by atoms with Crippen LogP contribution < -0.4 is 25.0 Å². The van der Waals surface area contributed by atoms with Crippen LogP contribution in [0.15, 0.2) is 59.9 Å². The van der Waals surface area contributed by atoms with Crippen molar-refractivity contribution in [1.29, 1.82) is 0 Å². The van der Waals surface area contributed by atoms with Crippen molar-refractivity contribution in [2.75, 3.05) is 39.3 Å². The van der Waals surface area contributed by atoms with Gasteiger partial charge < -0.3 is 25.0 Å². The Balaban J connectivity index is 1.31. The van der Waals surface area contributed by atoms with E-state index < -0.39 is 0 Å². The maximum Gasteiger partial charge on any atom is 0.191 e. The minimum absolute atomic E-state index is 0.340. The first-order valence-electron chi connectivity index (χ1n) is 11.1. The van der Waals surface area contributed by atoms with Crippen molar-refractivity contribution >= 4 is 11.6 Å². The van der Waals surface area contributed by atoms with E-state index in [9.17, 15) is 0 Å². The third-order valence-corrected chi connectivity index (χ3v) is 5.83. The van der Waals surface area contributed by atoms with Crippen LogP contribution in [-0.4, -0.2) is 61.1 Å². The highest BCUT2D eigenvalue weighted by Gasteiger charge is 2.21. The number of rotatable bonds is 7. The Hall–Kier alpha value is -3.75. The fraction of sp³-hybridized carbons (Fsp3) is 0.375. The lowest BCUT2D eigenvalue weighted by molar-refractivity contribution is 0.393. The van der Waals surface area contributed by atoms with Gasteiger partial charge in [-0.3, -0.25) is 9.56 Å². The standard InChI is InChI=1S/C24H31N7O2/c1-25-24(26-16-23-29-27-17-31(23)19-7-5-4-6-8-19)28-18-9-11-30(12-10-18)20-13-21(32-2)15-22(14-20)33-3/h4-8,13-15,17-18H,9-12,16H2,1-3H3,(H2,25,26,28). The second kappa shape index (κ2) is 10.7. The van der Waals surface area contributed by atoms with Crippen LogP contribution in [0.4, 0.5) is 5.69 Å². The number of methoxy groups -OCH3 is 2. The number of benzene rings is 2. The molecule has 0 saturated carbocycles. The van der Waals surface area contributed by atoms with E-state index in [0.717, 1.165) is 60.6 Å². The van der Waals surface area contributed by atoms with Gasteiger partial charge in [-0.25, -0.2) is 0 Å². The molecule has 1 aliphatic rings. The van der Waals surface area contributed by atoms with Crippen LogP contribution in [0.3, 0.4) is 0 Å². The zero-order valence-electron chi connectivity index (χ0n) is 19.4. The number of anilines is 1. The first kappa shape index (κ1) is 22.4. The van der Waals surface area contributed by atoms with Gasteiger partial charge in [0.2, 0.25) is 0 Å². The topological polar surface area (TPSA) is 88.8 Å². The second-order valence-electron chi connectivity index (χ2n) is 7.86. The molecule has 0 amide bonds.